The van der Waals surface area contributed by atoms with E-state index in [0.717, 1.165) is 25.7 Å². The molecule has 3 rings (SSSR count). The van der Waals surface area contributed by atoms with Gasteiger partial charge in [0.1, 0.15) is 5.75 Å². The molecule has 0 saturated heterocycles. The SMILES string of the molecule is COc1ccc(S(=O)(=O)N(C)c2ccc(C(=O)N(C)C3CCCCC3)cc2)cc1. The van der Waals surface area contributed by atoms with Crippen LogP contribution in [-0.4, -0.2) is 46.5 Å². The summed E-state index contributed by atoms with van der Waals surface area (Å²) in [6.07, 6.45) is 5.65. The lowest BCUT2D eigenvalue weighted by Gasteiger charge is -2.31. The van der Waals surface area contributed by atoms with Gasteiger partial charge in [-0.25, -0.2) is 8.42 Å². The van der Waals surface area contributed by atoms with Gasteiger partial charge < -0.3 is 9.64 Å². The Kier molecular flexibility index (Phi) is 6.47. The summed E-state index contributed by atoms with van der Waals surface area (Å²) in [5, 5.41) is 0. The minimum absolute atomic E-state index is 0.0240. The van der Waals surface area contributed by atoms with Crippen molar-refractivity contribution in [2.24, 2.45) is 0 Å². The van der Waals surface area contributed by atoms with Crippen molar-refractivity contribution in [2.75, 3.05) is 25.5 Å². The first-order valence-corrected chi connectivity index (χ1v) is 11.3. The number of amides is 1. The van der Waals surface area contributed by atoms with E-state index in [1.165, 1.54) is 37.0 Å². The lowest BCUT2D eigenvalue weighted by molar-refractivity contribution is 0.0696. The van der Waals surface area contributed by atoms with Crippen molar-refractivity contribution in [3.63, 3.8) is 0 Å². The maximum atomic E-state index is 12.9. The van der Waals surface area contributed by atoms with E-state index in [-0.39, 0.29) is 16.8 Å². The van der Waals surface area contributed by atoms with E-state index < -0.39 is 10.0 Å². The molecule has 6 nitrogen and oxygen atoms in total. The van der Waals surface area contributed by atoms with Crippen molar-refractivity contribution in [1.29, 1.82) is 0 Å². The number of ether oxygens (including phenoxy) is 1. The first-order valence-electron chi connectivity index (χ1n) is 9.85. The Morgan fingerprint density at radius 1 is 0.931 bits per heavy atom. The van der Waals surface area contributed by atoms with Gasteiger partial charge >= 0.3 is 0 Å². The average Bonchev–Trinajstić information content (AvgIpc) is 2.78. The van der Waals surface area contributed by atoms with Crippen LogP contribution >= 0.6 is 0 Å². The molecule has 0 spiro atoms. The predicted octanol–water partition coefficient (Wildman–Crippen LogP) is 3.93. The molecule has 1 fully saturated rings. The van der Waals surface area contributed by atoms with Crippen LogP contribution in [0, 0.1) is 0 Å². The molecule has 29 heavy (non-hydrogen) atoms. The van der Waals surface area contributed by atoms with Gasteiger partial charge in [0.25, 0.3) is 15.9 Å². The van der Waals surface area contributed by atoms with Crippen molar-refractivity contribution >= 4 is 21.6 Å². The zero-order valence-corrected chi connectivity index (χ0v) is 18.0. The van der Waals surface area contributed by atoms with Crippen LogP contribution in [-0.2, 0) is 10.0 Å². The Balaban J connectivity index is 1.75. The fourth-order valence-electron chi connectivity index (χ4n) is 3.70. The van der Waals surface area contributed by atoms with Crippen LogP contribution in [0.25, 0.3) is 0 Å². The number of methoxy groups -OCH3 is 1. The normalized spacial score (nSPS) is 15.0. The van der Waals surface area contributed by atoms with E-state index in [0.29, 0.717) is 17.0 Å². The smallest absolute Gasteiger partial charge is 0.264 e. The van der Waals surface area contributed by atoms with Gasteiger partial charge in [-0.05, 0) is 61.4 Å². The fourth-order valence-corrected chi connectivity index (χ4v) is 4.89. The van der Waals surface area contributed by atoms with Gasteiger partial charge in [-0.2, -0.15) is 0 Å². The van der Waals surface area contributed by atoms with Gasteiger partial charge in [0, 0.05) is 25.7 Å². The second kappa shape index (κ2) is 8.86. The molecule has 0 N–H and O–H groups in total. The Hall–Kier alpha value is -2.54. The number of anilines is 1. The van der Waals surface area contributed by atoms with Gasteiger partial charge in [0.2, 0.25) is 0 Å². The molecule has 1 aliphatic carbocycles. The lowest BCUT2D eigenvalue weighted by Crippen LogP contribution is -2.38. The summed E-state index contributed by atoms with van der Waals surface area (Å²) in [6.45, 7) is 0. The summed E-state index contributed by atoms with van der Waals surface area (Å²) >= 11 is 0. The number of rotatable bonds is 6. The van der Waals surface area contributed by atoms with E-state index in [4.69, 9.17) is 4.74 Å². The van der Waals surface area contributed by atoms with E-state index in [1.807, 2.05) is 11.9 Å². The Bertz CT molecular complexity index is 934. The van der Waals surface area contributed by atoms with E-state index in [1.54, 1.807) is 36.4 Å². The van der Waals surface area contributed by atoms with Gasteiger partial charge in [-0.15, -0.1) is 0 Å². The van der Waals surface area contributed by atoms with E-state index >= 15 is 0 Å². The standard InChI is InChI=1S/C22H28N2O4S/c1-23(18-7-5-4-6-8-18)22(25)17-9-11-19(12-10-17)24(2)29(26,27)21-15-13-20(28-3)14-16-21/h9-16,18H,4-8H2,1-3H3. The molecule has 2 aromatic rings. The number of sulfonamides is 1. The first-order chi connectivity index (χ1) is 13.8. The van der Waals surface area contributed by atoms with Crippen LogP contribution in [0.15, 0.2) is 53.4 Å². The maximum Gasteiger partial charge on any atom is 0.264 e. The highest BCUT2D eigenvalue weighted by atomic mass is 32.2. The van der Waals surface area contributed by atoms with Crippen molar-refractivity contribution in [3.8, 4) is 5.75 Å². The van der Waals surface area contributed by atoms with Gasteiger partial charge in [0.05, 0.1) is 17.7 Å². The van der Waals surface area contributed by atoms with Gasteiger partial charge in [0.15, 0.2) is 0 Å². The molecule has 0 radical (unpaired) electrons. The third-order valence-electron chi connectivity index (χ3n) is 5.64. The quantitative estimate of drug-likeness (QED) is 0.716. The summed E-state index contributed by atoms with van der Waals surface area (Å²) in [5.41, 5.74) is 1.06. The van der Waals surface area contributed by atoms with Crippen molar-refractivity contribution in [2.45, 2.75) is 43.0 Å². The molecule has 0 aromatic heterocycles. The highest BCUT2D eigenvalue weighted by Gasteiger charge is 2.24. The molecule has 7 heteroatoms. The largest absolute Gasteiger partial charge is 0.497 e. The molecule has 0 bridgehead atoms. The zero-order chi connectivity index (χ0) is 21.0. The molecule has 0 aliphatic heterocycles. The second-order valence-corrected chi connectivity index (χ2v) is 9.37. The molecule has 0 unspecified atom stereocenters. The number of hydrogen-bond acceptors (Lipinski definition) is 4. The number of carbonyl (C=O) groups is 1. The molecule has 1 saturated carbocycles. The highest BCUT2D eigenvalue weighted by Crippen LogP contribution is 2.26. The third-order valence-corrected chi connectivity index (χ3v) is 7.44. The van der Waals surface area contributed by atoms with Crippen molar-refractivity contribution < 1.29 is 17.9 Å². The molecular weight excluding hydrogens is 388 g/mol. The maximum absolute atomic E-state index is 12.9. The Morgan fingerprint density at radius 2 is 1.52 bits per heavy atom. The monoisotopic (exact) mass is 416 g/mol. The average molecular weight is 417 g/mol. The van der Waals surface area contributed by atoms with Gasteiger partial charge in [-0.3, -0.25) is 9.10 Å². The van der Waals surface area contributed by atoms with Crippen LogP contribution < -0.4 is 9.04 Å². The summed E-state index contributed by atoms with van der Waals surface area (Å²) in [4.78, 5) is 14.8. The highest BCUT2D eigenvalue weighted by molar-refractivity contribution is 7.92. The molecule has 0 atom stereocenters. The summed E-state index contributed by atoms with van der Waals surface area (Å²) in [6, 6.07) is 13.3. The lowest BCUT2D eigenvalue weighted by atomic mass is 9.94. The van der Waals surface area contributed by atoms with E-state index in [9.17, 15) is 13.2 Å². The van der Waals surface area contributed by atoms with Crippen LogP contribution in [0.1, 0.15) is 42.5 Å². The molecule has 1 amide bonds. The number of hydrogen-bond donors (Lipinski definition) is 0. The van der Waals surface area contributed by atoms with Crippen LogP contribution in [0.3, 0.4) is 0 Å². The first kappa shape index (κ1) is 21.2. The minimum Gasteiger partial charge on any atom is -0.497 e. The van der Waals surface area contributed by atoms with Crippen LogP contribution in [0.2, 0.25) is 0 Å². The zero-order valence-electron chi connectivity index (χ0n) is 17.2. The van der Waals surface area contributed by atoms with Crippen molar-refractivity contribution in [1.82, 2.24) is 4.90 Å². The van der Waals surface area contributed by atoms with Crippen LogP contribution in [0.5, 0.6) is 5.75 Å². The third kappa shape index (κ3) is 4.56. The predicted molar refractivity (Wildman–Crippen MR) is 114 cm³/mol. The van der Waals surface area contributed by atoms with E-state index in [2.05, 4.69) is 0 Å². The topological polar surface area (TPSA) is 66.9 Å². The molecule has 2 aromatic carbocycles. The Morgan fingerprint density at radius 3 is 2.07 bits per heavy atom. The number of carbonyl (C=O) groups excluding carboxylic acids is 1. The van der Waals surface area contributed by atoms with Crippen LogP contribution in [0.4, 0.5) is 5.69 Å². The Labute approximate surface area is 173 Å². The molecule has 1 aliphatic rings. The minimum atomic E-state index is -3.70. The summed E-state index contributed by atoms with van der Waals surface area (Å²) < 4.78 is 32.0. The molecular formula is C22H28N2O4S. The fraction of sp³-hybridized carbons (Fsp3) is 0.409. The second-order valence-electron chi connectivity index (χ2n) is 7.40. The summed E-state index contributed by atoms with van der Waals surface area (Å²) in [5.74, 6) is 0.570. The van der Waals surface area contributed by atoms with Crippen molar-refractivity contribution in [3.05, 3.63) is 54.1 Å². The number of nitrogens with zero attached hydrogens (tertiary/aromatic N) is 2. The number of benzene rings is 2. The van der Waals surface area contributed by atoms with Gasteiger partial charge in [-0.1, -0.05) is 19.3 Å². The molecule has 0 heterocycles. The summed E-state index contributed by atoms with van der Waals surface area (Å²) in [7, 11) is 1.19. The molecule has 156 valence electrons.